The van der Waals surface area contributed by atoms with Crippen molar-refractivity contribution in [3.8, 4) is 51.0 Å². The van der Waals surface area contributed by atoms with Crippen molar-refractivity contribution in [2.24, 2.45) is 0 Å². The standard InChI is InChI=1S/C48H30N6/c1-3-15-31(16-4-1)45-50-46(32-17-5-2-6-18-32)52-47(51-45)35-21-13-19-33(29-35)34-20-14-22-36(30-34)53-41-27-11-9-25-39(41)44-43(53)37-23-7-8-24-38(37)48-49-40-26-10-12-28-42(40)54(44)48/h1-30H. The van der Waals surface area contributed by atoms with Crippen LogP contribution in [0.15, 0.2) is 182 Å². The molecule has 252 valence electrons. The summed E-state index contributed by atoms with van der Waals surface area (Å²) in [5.74, 6) is 1.92. The fourth-order valence-corrected chi connectivity index (χ4v) is 7.88. The number of hydrogen-bond donors (Lipinski definition) is 0. The molecular weight excluding hydrogens is 661 g/mol. The van der Waals surface area contributed by atoms with Crippen LogP contribution in [0.5, 0.6) is 0 Å². The normalized spacial score (nSPS) is 11.7. The Bertz CT molecular complexity index is 3160. The lowest BCUT2D eigenvalue weighted by Crippen LogP contribution is -2.00. The van der Waals surface area contributed by atoms with Crippen LogP contribution in [0.1, 0.15) is 0 Å². The zero-order valence-corrected chi connectivity index (χ0v) is 29.0. The van der Waals surface area contributed by atoms with Crippen LogP contribution in [0, 0.1) is 0 Å². The van der Waals surface area contributed by atoms with Gasteiger partial charge >= 0.3 is 0 Å². The van der Waals surface area contributed by atoms with Gasteiger partial charge in [0.15, 0.2) is 17.5 Å². The van der Waals surface area contributed by atoms with Crippen molar-refractivity contribution in [3.05, 3.63) is 182 Å². The Labute approximate surface area is 310 Å². The van der Waals surface area contributed by atoms with E-state index in [0.717, 1.165) is 77.5 Å². The van der Waals surface area contributed by atoms with E-state index >= 15 is 0 Å². The van der Waals surface area contributed by atoms with Crippen LogP contribution in [0.25, 0.3) is 100 Å². The van der Waals surface area contributed by atoms with Gasteiger partial charge in [-0.2, -0.15) is 0 Å². The number of rotatable bonds is 5. The minimum Gasteiger partial charge on any atom is -0.307 e. The number of hydrogen-bond acceptors (Lipinski definition) is 4. The van der Waals surface area contributed by atoms with E-state index in [9.17, 15) is 0 Å². The van der Waals surface area contributed by atoms with Crippen LogP contribution < -0.4 is 0 Å². The number of benzene rings is 7. The topological polar surface area (TPSA) is 60.9 Å². The molecule has 0 N–H and O–H groups in total. The first-order valence-electron chi connectivity index (χ1n) is 18.1. The Hall–Kier alpha value is -7.44. The minimum atomic E-state index is 0.631. The first-order chi connectivity index (χ1) is 26.8. The molecule has 0 aliphatic heterocycles. The first kappa shape index (κ1) is 30.2. The van der Waals surface area contributed by atoms with Crippen LogP contribution in [-0.4, -0.2) is 28.9 Å². The highest BCUT2D eigenvalue weighted by atomic mass is 15.1. The van der Waals surface area contributed by atoms with E-state index in [-0.39, 0.29) is 0 Å². The highest BCUT2D eigenvalue weighted by Crippen LogP contribution is 2.40. The molecule has 6 nitrogen and oxygen atoms in total. The Morgan fingerprint density at radius 2 is 0.852 bits per heavy atom. The molecule has 0 saturated carbocycles. The average Bonchev–Trinajstić information content (AvgIpc) is 3.81. The van der Waals surface area contributed by atoms with E-state index in [0.29, 0.717) is 17.5 Å². The maximum Gasteiger partial charge on any atom is 0.164 e. The van der Waals surface area contributed by atoms with Crippen molar-refractivity contribution in [1.82, 2.24) is 28.9 Å². The third kappa shape index (κ3) is 4.74. The quantitative estimate of drug-likeness (QED) is 0.180. The summed E-state index contributed by atoms with van der Waals surface area (Å²) in [6.45, 7) is 0. The van der Waals surface area contributed by atoms with E-state index in [1.807, 2.05) is 60.7 Å². The van der Waals surface area contributed by atoms with Crippen LogP contribution >= 0.6 is 0 Å². The van der Waals surface area contributed by atoms with Gasteiger partial charge in [-0.25, -0.2) is 19.9 Å². The van der Waals surface area contributed by atoms with Crippen molar-refractivity contribution >= 4 is 49.4 Å². The second-order valence-electron chi connectivity index (χ2n) is 13.5. The highest BCUT2D eigenvalue weighted by molar-refractivity contribution is 6.21. The number of aromatic nitrogens is 6. The number of pyridine rings is 1. The Kier molecular flexibility index (Phi) is 6.75. The zero-order valence-electron chi connectivity index (χ0n) is 29.0. The molecule has 0 atom stereocenters. The van der Waals surface area contributed by atoms with Crippen molar-refractivity contribution in [3.63, 3.8) is 0 Å². The minimum absolute atomic E-state index is 0.631. The molecule has 6 heteroatoms. The van der Waals surface area contributed by atoms with Gasteiger partial charge in [-0.3, -0.25) is 4.40 Å². The van der Waals surface area contributed by atoms with Gasteiger partial charge in [0.05, 0.1) is 27.6 Å². The van der Waals surface area contributed by atoms with E-state index in [2.05, 4.69) is 130 Å². The summed E-state index contributed by atoms with van der Waals surface area (Å²) in [5.41, 5.74) is 12.6. The average molecular weight is 691 g/mol. The maximum atomic E-state index is 5.15. The molecule has 0 radical (unpaired) electrons. The first-order valence-corrected chi connectivity index (χ1v) is 18.1. The van der Waals surface area contributed by atoms with Gasteiger partial charge in [0.1, 0.15) is 5.65 Å². The van der Waals surface area contributed by atoms with Gasteiger partial charge in [-0.15, -0.1) is 0 Å². The SMILES string of the molecule is c1ccc(-c2nc(-c3ccccc3)nc(-c3cccc(-c4cccc(-n5c6ccccc6c6c5c5ccccc5c5nc7ccccc7n56)c4)c3)n2)cc1. The van der Waals surface area contributed by atoms with E-state index in [1.165, 1.54) is 5.39 Å². The number of fused-ring (bicyclic) bond motifs is 10. The molecule has 0 spiro atoms. The predicted molar refractivity (Wildman–Crippen MR) is 220 cm³/mol. The molecular formula is C48H30N6. The summed E-state index contributed by atoms with van der Waals surface area (Å²) in [6, 6.07) is 63.2. The Balaban J connectivity index is 1.11. The molecule has 7 aromatic carbocycles. The molecule has 4 aromatic heterocycles. The lowest BCUT2D eigenvalue weighted by atomic mass is 10.0. The Morgan fingerprint density at radius 3 is 1.57 bits per heavy atom. The summed E-state index contributed by atoms with van der Waals surface area (Å²) in [5, 5.41) is 3.46. The second kappa shape index (κ2) is 12.1. The molecule has 0 aliphatic rings. The summed E-state index contributed by atoms with van der Waals surface area (Å²) < 4.78 is 4.76. The lowest BCUT2D eigenvalue weighted by molar-refractivity contribution is 1.07. The van der Waals surface area contributed by atoms with Gasteiger partial charge in [-0.05, 0) is 47.5 Å². The van der Waals surface area contributed by atoms with Crippen molar-refractivity contribution in [2.75, 3.05) is 0 Å². The molecule has 0 unspecified atom stereocenters. The molecule has 54 heavy (non-hydrogen) atoms. The van der Waals surface area contributed by atoms with Gasteiger partial charge in [0, 0.05) is 38.5 Å². The largest absolute Gasteiger partial charge is 0.307 e. The van der Waals surface area contributed by atoms with Gasteiger partial charge < -0.3 is 4.57 Å². The molecule has 0 amide bonds. The van der Waals surface area contributed by atoms with E-state index in [1.54, 1.807) is 0 Å². The number of para-hydroxylation sites is 3. The fraction of sp³-hybridized carbons (Fsp3) is 0. The third-order valence-electron chi connectivity index (χ3n) is 10.3. The summed E-state index contributed by atoms with van der Waals surface area (Å²) >= 11 is 0. The van der Waals surface area contributed by atoms with Crippen molar-refractivity contribution < 1.29 is 0 Å². The molecule has 0 bridgehead atoms. The Morgan fingerprint density at radius 1 is 0.333 bits per heavy atom. The molecule has 4 heterocycles. The summed E-state index contributed by atoms with van der Waals surface area (Å²) in [4.78, 5) is 20.0. The smallest absolute Gasteiger partial charge is 0.164 e. The van der Waals surface area contributed by atoms with Crippen LogP contribution in [0.3, 0.4) is 0 Å². The second-order valence-corrected chi connectivity index (χ2v) is 13.5. The van der Waals surface area contributed by atoms with Crippen molar-refractivity contribution in [1.29, 1.82) is 0 Å². The maximum absolute atomic E-state index is 5.15. The lowest BCUT2D eigenvalue weighted by Gasteiger charge is -2.13. The molecule has 0 fully saturated rings. The fourth-order valence-electron chi connectivity index (χ4n) is 7.88. The van der Waals surface area contributed by atoms with Crippen LogP contribution in [-0.2, 0) is 0 Å². The molecule has 0 saturated heterocycles. The third-order valence-corrected chi connectivity index (χ3v) is 10.3. The molecule has 0 aliphatic carbocycles. The number of nitrogens with zero attached hydrogens (tertiary/aromatic N) is 6. The molecule has 11 aromatic rings. The van der Waals surface area contributed by atoms with E-state index in [4.69, 9.17) is 19.9 Å². The van der Waals surface area contributed by atoms with Gasteiger partial charge in [-0.1, -0.05) is 146 Å². The monoisotopic (exact) mass is 690 g/mol. The zero-order chi connectivity index (χ0) is 35.6. The number of imidazole rings is 1. The van der Waals surface area contributed by atoms with Crippen LogP contribution in [0.4, 0.5) is 0 Å². The van der Waals surface area contributed by atoms with Crippen LogP contribution in [0.2, 0.25) is 0 Å². The van der Waals surface area contributed by atoms with Gasteiger partial charge in [0.25, 0.3) is 0 Å². The highest BCUT2D eigenvalue weighted by Gasteiger charge is 2.21. The van der Waals surface area contributed by atoms with Crippen molar-refractivity contribution in [2.45, 2.75) is 0 Å². The summed E-state index contributed by atoms with van der Waals surface area (Å²) in [7, 11) is 0. The predicted octanol–water partition coefficient (Wildman–Crippen LogP) is 11.6. The molecule has 11 rings (SSSR count). The summed E-state index contributed by atoms with van der Waals surface area (Å²) in [6.07, 6.45) is 0. The van der Waals surface area contributed by atoms with Gasteiger partial charge in [0.2, 0.25) is 0 Å². The van der Waals surface area contributed by atoms with E-state index < -0.39 is 0 Å².